The zero-order chi connectivity index (χ0) is 15.8. The molecular formula is C15H29F3N2O. The van der Waals surface area contributed by atoms with Gasteiger partial charge in [0.2, 0.25) is 0 Å². The van der Waals surface area contributed by atoms with E-state index in [0.29, 0.717) is 19.7 Å². The predicted molar refractivity (Wildman–Crippen MR) is 78.4 cm³/mol. The van der Waals surface area contributed by atoms with Crippen molar-refractivity contribution in [2.24, 2.45) is 5.41 Å². The third-order valence-corrected chi connectivity index (χ3v) is 3.83. The molecule has 6 heteroatoms. The summed E-state index contributed by atoms with van der Waals surface area (Å²) in [5.41, 5.74) is -0.187. The van der Waals surface area contributed by atoms with E-state index in [4.69, 9.17) is 4.74 Å². The smallest absolute Gasteiger partial charge is 0.381 e. The lowest BCUT2D eigenvalue weighted by atomic mass is 9.81. The van der Waals surface area contributed by atoms with Gasteiger partial charge in [-0.15, -0.1) is 0 Å². The quantitative estimate of drug-likeness (QED) is 0.663. The van der Waals surface area contributed by atoms with Gasteiger partial charge in [-0.05, 0) is 38.8 Å². The van der Waals surface area contributed by atoms with Gasteiger partial charge in [0, 0.05) is 25.1 Å². The average molecular weight is 310 g/mol. The number of nitrogens with one attached hydrogen (secondary N) is 1. The van der Waals surface area contributed by atoms with Gasteiger partial charge in [-0.3, -0.25) is 4.90 Å². The number of nitrogens with zero attached hydrogens (tertiary/aromatic N) is 1. The highest BCUT2D eigenvalue weighted by atomic mass is 19.4. The summed E-state index contributed by atoms with van der Waals surface area (Å²) >= 11 is 0. The summed E-state index contributed by atoms with van der Waals surface area (Å²) in [6.45, 7) is 7.04. The molecule has 0 radical (unpaired) electrons. The van der Waals surface area contributed by atoms with Gasteiger partial charge in [0.25, 0.3) is 0 Å². The summed E-state index contributed by atoms with van der Waals surface area (Å²) in [7, 11) is 0. The van der Waals surface area contributed by atoms with Crippen LogP contribution < -0.4 is 5.32 Å². The number of hydrogen-bond donors (Lipinski definition) is 1. The normalized spacial score (nSPS) is 23.7. The first-order valence-electron chi connectivity index (χ1n) is 7.98. The van der Waals surface area contributed by atoms with E-state index >= 15 is 0 Å². The van der Waals surface area contributed by atoms with Gasteiger partial charge in [0.15, 0.2) is 0 Å². The van der Waals surface area contributed by atoms with E-state index in [9.17, 15) is 13.2 Å². The van der Waals surface area contributed by atoms with Crippen LogP contribution in [0, 0.1) is 5.41 Å². The average Bonchev–Trinajstić information content (AvgIpc) is 2.38. The number of ether oxygens (including phenoxy) is 1. The lowest BCUT2D eigenvalue weighted by Crippen LogP contribution is -2.51. The summed E-state index contributed by atoms with van der Waals surface area (Å²) in [6, 6.07) is 0. The van der Waals surface area contributed by atoms with E-state index < -0.39 is 12.7 Å². The van der Waals surface area contributed by atoms with Crippen LogP contribution in [0.25, 0.3) is 0 Å². The Kier molecular flexibility index (Phi) is 7.98. The molecule has 3 nitrogen and oxygen atoms in total. The maximum absolute atomic E-state index is 12.7. The van der Waals surface area contributed by atoms with Crippen LogP contribution in [0.3, 0.4) is 0 Å². The number of alkyl halides is 3. The molecule has 0 amide bonds. The van der Waals surface area contributed by atoms with Gasteiger partial charge in [-0.25, -0.2) is 0 Å². The van der Waals surface area contributed by atoms with E-state index in [1.807, 2.05) is 6.92 Å². The molecule has 0 aliphatic carbocycles. The molecule has 0 bridgehead atoms. The Balaban J connectivity index is 2.66. The maximum Gasteiger partial charge on any atom is 0.401 e. The first-order valence-corrected chi connectivity index (χ1v) is 7.98. The van der Waals surface area contributed by atoms with E-state index in [1.165, 1.54) is 0 Å². The minimum absolute atomic E-state index is 0.187. The van der Waals surface area contributed by atoms with Crippen molar-refractivity contribution in [3.8, 4) is 0 Å². The summed E-state index contributed by atoms with van der Waals surface area (Å²) in [6.07, 6.45) is -0.516. The third-order valence-electron chi connectivity index (χ3n) is 3.83. The van der Waals surface area contributed by atoms with E-state index in [2.05, 4.69) is 12.2 Å². The Morgan fingerprint density at radius 2 is 2.00 bits per heavy atom. The fourth-order valence-corrected chi connectivity index (χ4v) is 3.02. The van der Waals surface area contributed by atoms with Gasteiger partial charge in [0.05, 0.1) is 13.2 Å². The lowest BCUT2D eigenvalue weighted by Gasteiger charge is -2.41. The Bertz CT molecular complexity index is 279. The molecule has 1 atom stereocenters. The summed E-state index contributed by atoms with van der Waals surface area (Å²) in [4.78, 5) is 1.54. The SMILES string of the molecule is CCCNCC1(CN(CCC)CC(F)(F)F)CCCOC1. The summed E-state index contributed by atoms with van der Waals surface area (Å²) < 4.78 is 43.8. The highest BCUT2D eigenvalue weighted by Crippen LogP contribution is 2.30. The zero-order valence-electron chi connectivity index (χ0n) is 13.3. The lowest BCUT2D eigenvalue weighted by molar-refractivity contribution is -0.152. The molecule has 126 valence electrons. The van der Waals surface area contributed by atoms with Gasteiger partial charge in [-0.1, -0.05) is 13.8 Å². The first-order chi connectivity index (χ1) is 9.91. The Hall–Kier alpha value is -0.330. The Labute approximate surface area is 126 Å². The number of hydrogen-bond acceptors (Lipinski definition) is 3. The Morgan fingerprint density at radius 1 is 1.24 bits per heavy atom. The minimum Gasteiger partial charge on any atom is -0.381 e. The van der Waals surface area contributed by atoms with Gasteiger partial charge in [0.1, 0.15) is 0 Å². The molecule has 1 fully saturated rings. The van der Waals surface area contributed by atoms with Crippen molar-refractivity contribution in [1.82, 2.24) is 10.2 Å². The van der Waals surface area contributed by atoms with E-state index in [0.717, 1.165) is 45.4 Å². The van der Waals surface area contributed by atoms with Crippen LogP contribution >= 0.6 is 0 Å². The molecule has 1 rings (SSSR count). The summed E-state index contributed by atoms with van der Waals surface area (Å²) in [5.74, 6) is 0. The van der Waals surface area contributed by atoms with Crippen molar-refractivity contribution >= 4 is 0 Å². The molecule has 1 saturated heterocycles. The molecule has 1 heterocycles. The topological polar surface area (TPSA) is 24.5 Å². The minimum atomic E-state index is -4.14. The van der Waals surface area contributed by atoms with Crippen LogP contribution in [0.2, 0.25) is 0 Å². The molecule has 1 unspecified atom stereocenters. The van der Waals surface area contributed by atoms with Crippen LogP contribution in [-0.4, -0.2) is 57.0 Å². The second kappa shape index (κ2) is 8.96. The molecule has 21 heavy (non-hydrogen) atoms. The van der Waals surface area contributed by atoms with Crippen molar-refractivity contribution in [2.45, 2.75) is 45.7 Å². The highest BCUT2D eigenvalue weighted by molar-refractivity contribution is 4.88. The third kappa shape index (κ3) is 7.47. The fraction of sp³-hybridized carbons (Fsp3) is 1.00. The second-order valence-corrected chi connectivity index (χ2v) is 6.16. The van der Waals surface area contributed by atoms with Crippen LogP contribution in [0.15, 0.2) is 0 Å². The molecule has 1 N–H and O–H groups in total. The zero-order valence-corrected chi connectivity index (χ0v) is 13.3. The largest absolute Gasteiger partial charge is 0.401 e. The molecule has 0 spiro atoms. The van der Waals surface area contributed by atoms with Crippen LogP contribution in [0.4, 0.5) is 13.2 Å². The van der Waals surface area contributed by atoms with E-state index in [-0.39, 0.29) is 5.41 Å². The van der Waals surface area contributed by atoms with Crippen LogP contribution in [-0.2, 0) is 4.74 Å². The number of halogens is 3. The van der Waals surface area contributed by atoms with Crippen molar-refractivity contribution in [3.05, 3.63) is 0 Å². The maximum atomic E-state index is 12.7. The fourth-order valence-electron chi connectivity index (χ4n) is 3.02. The Morgan fingerprint density at radius 3 is 2.52 bits per heavy atom. The van der Waals surface area contributed by atoms with Gasteiger partial charge < -0.3 is 10.1 Å². The number of rotatable bonds is 9. The van der Waals surface area contributed by atoms with Crippen LogP contribution in [0.1, 0.15) is 39.5 Å². The molecule has 1 aliphatic rings. The van der Waals surface area contributed by atoms with Crippen molar-refractivity contribution < 1.29 is 17.9 Å². The van der Waals surface area contributed by atoms with Crippen LogP contribution in [0.5, 0.6) is 0 Å². The van der Waals surface area contributed by atoms with Crippen molar-refractivity contribution in [2.75, 3.05) is 45.9 Å². The molecule has 1 aliphatic heterocycles. The molecule has 0 saturated carbocycles. The van der Waals surface area contributed by atoms with Crippen molar-refractivity contribution in [1.29, 1.82) is 0 Å². The summed E-state index contributed by atoms with van der Waals surface area (Å²) in [5, 5.41) is 3.37. The molecule has 0 aromatic rings. The van der Waals surface area contributed by atoms with Gasteiger partial charge in [-0.2, -0.15) is 13.2 Å². The standard InChI is InChI=1S/C15H29F3N2O/c1-3-7-19-10-14(6-5-9-21-13-14)11-20(8-4-2)12-15(16,17)18/h19H,3-13H2,1-2H3. The second-order valence-electron chi connectivity index (χ2n) is 6.16. The van der Waals surface area contributed by atoms with E-state index in [1.54, 1.807) is 4.90 Å². The van der Waals surface area contributed by atoms with Gasteiger partial charge >= 0.3 is 6.18 Å². The molecular weight excluding hydrogens is 281 g/mol. The highest BCUT2D eigenvalue weighted by Gasteiger charge is 2.38. The monoisotopic (exact) mass is 310 g/mol. The van der Waals surface area contributed by atoms with Crippen molar-refractivity contribution in [3.63, 3.8) is 0 Å². The molecule has 0 aromatic carbocycles. The molecule has 0 aromatic heterocycles. The predicted octanol–water partition coefficient (Wildman–Crippen LogP) is 3.06. The first kappa shape index (κ1) is 18.7.